The number of fused-ring (bicyclic) bond motifs is 2. The molecule has 0 saturated carbocycles. The fourth-order valence-electron chi connectivity index (χ4n) is 4.25. The first-order valence-electron chi connectivity index (χ1n) is 11.6. The molecule has 0 N–H and O–H groups in total. The lowest BCUT2D eigenvalue weighted by Crippen LogP contribution is -2.16. The third-order valence-electron chi connectivity index (χ3n) is 5.89. The van der Waals surface area contributed by atoms with Gasteiger partial charge in [0.2, 0.25) is 0 Å². The molecule has 35 heavy (non-hydrogen) atoms. The fraction of sp³-hybridized carbons (Fsp3) is 0. The number of hydrazone groups is 1. The standard InChI is InChI=1S/C31H23N3O/c1-4-12-25(13-5-1)33-28-18-10-11-19-30(28)35-31-22-24(20-21-29(31)33)23-32-34(26-14-6-2-7-15-26)27-16-8-3-9-17-27/h1-23H. The number of rotatable bonds is 5. The first kappa shape index (κ1) is 20.8. The Morgan fingerprint density at radius 3 is 1.83 bits per heavy atom. The van der Waals surface area contributed by atoms with Crippen molar-refractivity contribution in [2.75, 3.05) is 9.91 Å². The molecule has 4 nitrogen and oxygen atoms in total. The van der Waals surface area contributed by atoms with E-state index in [0.717, 1.165) is 45.5 Å². The first-order chi connectivity index (χ1) is 17.4. The summed E-state index contributed by atoms with van der Waals surface area (Å²) in [7, 11) is 0. The molecule has 5 aromatic rings. The average molecular weight is 454 g/mol. The van der Waals surface area contributed by atoms with Crippen LogP contribution in [0.2, 0.25) is 0 Å². The highest BCUT2D eigenvalue weighted by atomic mass is 16.5. The summed E-state index contributed by atoms with van der Waals surface area (Å²) in [5, 5.41) is 6.78. The second-order valence-electron chi connectivity index (χ2n) is 8.20. The Morgan fingerprint density at radius 2 is 1.14 bits per heavy atom. The minimum Gasteiger partial charge on any atom is -0.453 e. The first-order valence-corrected chi connectivity index (χ1v) is 11.6. The summed E-state index contributed by atoms with van der Waals surface area (Å²) < 4.78 is 6.33. The van der Waals surface area contributed by atoms with Crippen LogP contribution in [0.4, 0.5) is 28.4 Å². The largest absolute Gasteiger partial charge is 0.453 e. The van der Waals surface area contributed by atoms with Crippen LogP contribution in [0.25, 0.3) is 0 Å². The smallest absolute Gasteiger partial charge is 0.152 e. The van der Waals surface area contributed by atoms with Crippen molar-refractivity contribution >= 4 is 34.7 Å². The molecule has 0 amide bonds. The van der Waals surface area contributed by atoms with Gasteiger partial charge in [0, 0.05) is 5.69 Å². The van der Waals surface area contributed by atoms with E-state index in [2.05, 4.69) is 71.6 Å². The highest BCUT2D eigenvalue weighted by Crippen LogP contribution is 2.50. The molecule has 6 rings (SSSR count). The fourth-order valence-corrected chi connectivity index (χ4v) is 4.25. The second-order valence-corrected chi connectivity index (χ2v) is 8.20. The van der Waals surface area contributed by atoms with Gasteiger partial charge < -0.3 is 9.64 Å². The quantitative estimate of drug-likeness (QED) is 0.194. The molecule has 1 heterocycles. The average Bonchev–Trinajstić information content (AvgIpc) is 2.93. The Labute approximate surface area is 205 Å². The SMILES string of the molecule is C(=NN(c1ccccc1)c1ccccc1)c1ccc2c(c1)Oc1ccccc1N2c1ccccc1. The topological polar surface area (TPSA) is 28.1 Å². The lowest BCUT2D eigenvalue weighted by Gasteiger charge is -2.33. The molecule has 0 saturated heterocycles. The Hall–Kier alpha value is -4.83. The maximum atomic E-state index is 6.33. The van der Waals surface area contributed by atoms with Gasteiger partial charge in [0.05, 0.1) is 29.0 Å². The Bertz CT molecular complexity index is 1430. The Morgan fingerprint density at radius 1 is 0.571 bits per heavy atom. The number of nitrogens with zero attached hydrogens (tertiary/aromatic N) is 3. The van der Waals surface area contributed by atoms with Crippen molar-refractivity contribution in [3.8, 4) is 11.5 Å². The van der Waals surface area contributed by atoms with Crippen LogP contribution in [0, 0.1) is 0 Å². The van der Waals surface area contributed by atoms with E-state index in [-0.39, 0.29) is 0 Å². The maximum Gasteiger partial charge on any atom is 0.152 e. The van der Waals surface area contributed by atoms with Crippen LogP contribution in [-0.4, -0.2) is 6.21 Å². The molecular weight excluding hydrogens is 430 g/mol. The van der Waals surface area contributed by atoms with Crippen LogP contribution in [0.3, 0.4) is 0 Å². The van der Waals surface area contributed by atoms with Crippen LogP contribution in [0.15, 0.2) is 139 Å². The van der Waals surface area contributed by atoms with Crippen LogP contribution < -0.4 is 14.6 Å². The summed E-state index contributed by atoms with van der Waals surface area (Å²) >= 11 is 0. The zero-order chi connectivity index (χ0) is 23.5. The second kappa shape index (κ2) is 9.20. The number of benzene rings is 5. The van der Waals surface area contributed by atoms with E-state index in [1.807, 2.05) is 78.0 Å². The third kappa shape index (κ3) is 4.13. The van der Waals surface area contributed by atoms with E-state index in [9.17, 15) is 0 Å². The molecule has 1 aliphatic rings. The monoisotopic (exact) mass is 453 g/mol. The van der Waals surface area contributed by atoms with Gasteiger partial charge in [-0.05, 0) is 66.2 Å². The van der Waals surface area contributed by atoms with Gasteiger partial charge in [0.25, 0.3) is 0 Å². The molecule has 1 aliphatic heterocycles. The van der Waals surface area contributed by atoms with E-state index < -0.39 is 0 Å². The van der Waals surface area contributed by atoms with Gasteiger partial charge in [-0.1, -0.05) is 72.8 Å². The molecule has 0 spiro atoms. The molecular formula is C31H23N3O. The van der Waals surface area contributed by atoms with E-state index in [4.69, 9.17) is 9.84 Å². The summed E-state index contributed by atoms with van der Waals surface area (Å²) in [4.78, 5) is 2.23. The van der Waals surface area contributed by atoms with Gasteiger partial charge in [-0.2, -0.15) is 5.10 Å². The lowest BCUT2D eigenvalue weighted by atomic mass is 10.1. The van der Waals surface area contributed by atoms with E-state index in [1.165, 1.54) is 0 Å². The molecule has 0 atom stereocenters. The highest BCUT2D eigenvalue weighted by molar-refractivity contribution is 5.90. The van der Waals surface area contributed by atoms with Crippen molar-refractivity contribution in [1.82, 2.24) is 0 Å². The van der Waals surface area contributed by atoms with Crippen molar-refractivity contribution in [3.63, 3.8) is 0 Å². The van der Waals surface area contributed by atoms with Gasteiger partial charge >= 0.3 is 0 Å². The lowest BCUT2D eigenvalue weighted by molar-refractivity contribution is 0.477. The predicted molar refractivity (Wildman–Crippen MR) is 144 cm³/mol. The van der Waals surface area contributed by atoms with Gasteiger partial charge in [0.1, 0.15) is 0 Å². The van der Waals surface area contributed by atoms with Crippen molar-refractivity contribution in [1.29, 1.82) is 0 Å². The molecule has 0 aromatic heterocycles. The number of para-hydroxylation sites is 5. The van der Waals surface area contributed by atoms with E-state index in [0.29, 0.717) is 0 Å². The maximum absolute atomic E-state index is 6.33. The van der Waals surface area contributed by atoms with Gasteiger partial charge in [0.15, 0.2) is 11.5 Å². The summed E-state index contributed by atoms with van der Waals surface area (Å²) in [6, 6.07) is 45.0. The molecule has 5 aromatic carbocycles. The Kier molecular flexibility index (Phi) is 5.45. The third-order valence-corrected chi connectivity index (χ3v) is 5.89. The summed E-state index contributed by atoms with van der Waals surface area (Å²) in [6.07, 6.45) is 1.87. The zero-order valence-electron chi connectivity index (χ0n) is 19.0. The van der Waals surface area contributed by atoms with Crippen LogP contribution in [0.5, 0.6) is 11.5 Å². The highest BCUT2D eigenvalue weighted by Gasteiger charge is 2.25. The summed E-state index contributed by atoms with van der Waals surface area (Å²) in [5.41, 5.74) is 6.04. The molecule has 168 valence electrons. The van der Waals surface area contributed by atoms with Crippen molar-refractivity contribution in [2.45, 2.75) is 0 Å². The minimum absolute atomic E-state index is 0.794. The molecule has 4 heteroatoms. The minimum atomic E-state index is 0.794. The summed E-state index contributed by atoms with van der Waals surface area (Å²) in [6.45, 7) is 0. The molecule has 0 fully saturated rings. The molecule has 0 aliphatic carbocycles. The molecule has 0 unspecified atom stereocenters. The van der Waals surface area contributed by atoms with Gasteiger partial charge in [-0.15, -0.1) is 0 Å². The number of hydrogen-bond donors (Lipinski definition) is 0. The van der Waals surface area contributed by atoms with Crippen molar-refractivity contribution < 1.29 is 4.74 Å². The number of anilines is 5. The van der Waals surface area contributed by atoms with Crippen molar-refractivity contribution in [2.24, 2.45) is 5.10 Å². The molecule has 0 radical (unpaired) electrons. The van der Waals surface area contributed by atoms with E-state index >= 15 is 0 Å². The zero-order valence-corrected chi connectivity index (χ0v) is 19.0. The molecule has 0 bridgehead atoms. The normalized spacial score (nSPS) is 12.1. The number of hydrogen-bond acceptors (Lipinski definition) is 4. The summed E-state index contributed by atoms with van der Waals surface area (Å²) in [5.74, 6) is 1.62. The van der Waals surface area contributed by atoms with Crippen molar-refractivity contribution in [3.05, 3.63) is 139 Å². The Balaban J connectivity index is 1.38. The van der Waals surface area contributed by atoms with Gasteiger partial charge in [-0.25, -0.2) is 5.01 Å². The van der Waals surface area contributed by atoms with Crippen LogP contribution in [-0.2, 0) is 0 Å². The van der Waals surface area contributed by atoms with Crippen LogP contribution in [0.1, 0.15) is 5.56 Å². The van der Waals surface area contributed by atoms with Crippen LogP contribution >= 0.6 is 0 Å². The predicted octanol–water partition coefficient (Wildman–Crippen LogP) is 8.43. The number of ether oxygens (including phenoxy) is 1. The van der Waals surface area contributed by atoms with Gasteiger partial charge in [-0.3, -0.25) is 0 Å². The van der Waals surface area contributed by atoms with E-state index in [1.54, 1.807) is 0 Å².